The lowest BCUT2D eigenvalue weighted by atomic mass is 10.1. The van der Waals surface area contributed by atoms with Gasteiger partial charge in [0.05, 0.1) is 5.54 Å². The topological polar surface area (TPSA) is 55.4 Å². The molecule has 0 saturated carbocycles. The van der Waals surface area contributed by atoms with Crippen LogP contribution in [0.1, 0.15) is 39.4 Å². The number of benzene rings is 1. The molecule has 2 rings (SSSR count). The van der Waals surface area contributed by atoms with Crippen LogP contribution in [0.3, 0.4) is 0 Å². The number of aryl methyl sites for hydroxylation is 1. The molecule has 0 radical (unpaired) electrons. The molecule has 24 heavy (non-hydrogen) atoms. The zero-order valence-corrected chi connectivity index (χ0v) is 14.7. The van der Waals surface area contributed by atoms with E-state index in [0.717, 1.165) is 5.56 Å². The summed E-state index contributed by atoms with van der Waals surface area (Å²) < 4.78 is 5.54. The number of rotatable bonds is 6. The first-order chi connectivity index (χ1) is 11.3. The van der Waals surface area contributed by atoms with Gasteiger partial charge in [0.25, 0.3) is 5.91 Å². The molecule has 1 aromatic heterocycles. The number of hydrogen-bond donors (Lipinski definition) is 1. The normalized spacial score (nSPS) is 10.8. The van der Waals surface area contributed by atoms with Gasteiger partial charge in [0, 0.05) is 5.56 Å². The summed E-state index contributed by atoms with van der Waals surface area (Å²) >= 11 is 1.24. The SMILES string of the molecule is C#CC(C)(C)NC(=O)c1sccc1OCC(=O)c1ccc(C)cc1. The minimum Gasteiger partial charge on any atom is -0.484 e. The van der Waals surface area contributed by atoms with Crippen molar-refractivity contribution in [1.82, 2.24) is 5.32 Å². The lowest BCUT2D eigenvalue weighted by Gasteiger charge is -2.19. The fourth-order valence-electron chi connectivity index (χ4n) is 1.92. The molecule has 0 atom stereocenters. The third kappa shape index (κ3) is 4.46. The smallest absolute Gasteiger partial charge is 0.266 e. The highest BCUT2D eigenvalue weighted by molar-refractivity contribution is 7.12. The number of carbonyl (C=O) groups is 2. The van der Waals surface area contributed by atoms with E-state index in [-0.39, 0.29) is 18.3 Å². The number of ether oxygens (including phenoxy) is 1. The summed E-state index contributed by atoms with van der Waals surface area (Å²) in [5, 5.41) is 4.48. The summed E-state index contributed by atoms with van der Waals surface area (Å²) in [5.41, 5.74) is 0.909. The monoisotopic (exact) mass is 341 g/mol. The van der Waals surface area contributed by atoms with Crippen molar-refractivity contribution in [2.24, 2.45) is 0 Å². The van der Waals surface area contributed by atoms with E-state index in [4.69, 9.17) is 11.2 Å². The van der Waals surface area contributed by atoms with Gasteiger partial charge in [-0.15, -0.1) is 17.8 Å². The predicted octanol–water partition coefficient (Wildman–Crippen LogP) is 3.46. The molecule has 0 fully saturated rings. The zero-order chi connectivity index (χ0) is 17.7. The molecule has 124 valence electrons. The van der Waals surface area contributed by atoms with Crippen LogP contribution in [0.25, 0.3) is 0 Å². The predicted molar refractivity (Wildman–Crippen MR) is 95.7 cm³/mol. The van der Waals surface area contributed by atoms with Gasteiger partial charge in [-0.3, -0.25) is 9.59 Å². The van der Waals surface area contributed by atoms with Crippen LogP contribution in [-0.2, 0) is 0 Å². The average molecular weight is 341 g/mol. The average Bonchev–Trinajstić information content (AvgIpc) is 3.01. The molecule has 0 aliphatic heterocycles. The van der Waals surface area contributed by atoms with Crippen molar-refractivity contribution in [3.05, 3.63) is 51.7 Å². The molecule has 5 heteroatoms. The van der Waals surface area contributed by atoms with E-state index < -0.39 is 5.54 Å². The second-order valence-electron chi connectivity index (χ2n) is 5.92. The van der Waals surface area contributed by atoms with Gasteiger partial charge in [0.2, 0.25) is 0 Å². The Hall–Kier alpha value is -2.58. The van der Waals surface area contributed by atoms with Gasteiger partial charge in [-0.2, -0.15) is 0 Å². The molecule has 0 spiro atoms. The van der Waals surface area contributed by atoms with Gasteiger partial charge >= 0.3 is 0 Å². The van der Waals surface area contributed by atoms with Crippen LogP contribution in [-0.4, -0.2) is 23.8 Å². The number of nitrogens with one attached hydrogen (secondary N) is 1. The molecular weight excluding hydrogens is 322 g/mol. The van der Waals surface area contributed by atoms with E-state index in [9.17, 15) is 9.59 Å². The largest absolute Gasteiger partial charge is 0.484 e. The van der Waals surface area contributed by atoms with Gasteiger partial charge in [-0.25, -0.2) is 0 Å². The molecule has 0 saturated heterocycles. The standard InChI is InChI=1S/C19H19NO3S/c1-5-19(3,4)20-18(22)17-16(10-11-24-17)23-12-15(21)14-8-6-13(2)7-9-14/h1,6-11H,12H2,2-4H3,(H,20,22). The summed E-state index contributed by atoms with van der Waals surface area (Å²) in [5.74, 6) is 2.43. The van der Waals surface area contributed by atoms with Crippen molar-refractivity contribution >= 4 is 23.0 Å². The maximum absolute atomic E-state index is 12.3. The molecular formula is C19H19NO3S. The van der Waals surface area contributed by atoms with E-state index >= 15 is 0 Å². The molecule has 1 heterocycles. The second-order valence-corrected chi connectivity index (χ2v) is 6.83. The Kier molecular flexibility index (Phi) is 5.42. The molecule has 0 aliphatic rings. The molecule has 2 aromatic rings. The minimum atomic E-state index is -0.754. The van der Waals surface area contributed by atoms with Gasteiger partial charge in [-0.05, 0) is 32.2 Å². The summed E-state index contributed by atoms with van der Waals surface area (Å²) in [6, 6.07) is 8.94. The quantitative estimate of drug-likeness (QED) is 0.647. The molecule has 1 N–H and O–H groups in total. The number of terminal acetylenes is 1. The van der Waals surface area contributed by atoms with E-state index in [1.807, 2.05) is 19.1 Å². The second kappa shape index (κ2) is 7.33. The van der Waals surface area contributed by atoms with E-state index in [1.54, 1.807) is 37.4 Å². The van der Waals surface area contributed by atoms with Crippen LogP contribution in [0.2, 0.25) is 0 Å². The maximum atomic E-state index is 12.3. The summed E-state index contributed by atoms with van der Waals surface area (Å²) in [6.45, 7) is 5.30. The van der Waals surface area contributed by atoms with Crippen LogP contribution >= 0.6 is 11.3 Å². The number of ketones is 1. The van der Waals surface area contributed by atoms with Crippen LogP contribution in [0.15, 0.2) is 35.7 Å². The van der Waals surface area contributed by atoms with Crippen molar-refractivity contribution in [3.63, 3.8) is 0 Å². The summed E-state index contributed by atoms with van der Waals surface area (Å²) in [4.78, 5) is 24.8. The third-order valence-electron chi connectivity index (χ3n) is 3.35. The van der Waals surface area contributed by atoms with Gasteiger partial charge < -0.3 is 10.1 Å². The Labute approximate surface area is 145 Å². The minimum absolute atomic E-state index is 0.126. The lowest BCUT2D eigenvalue weighted by Crippen LogP contribution is -2.41. The Balaban J connectivity index is 2.03. The number of amides is 1. The van der Waals surface area contributed by atoms with Crippen molar-refractivity contribution in [3.8, 4) is 18.1 Å². The zero-order valence-electron chi connectivity index (χ0n) is 13.9. The molecule has 0 bridgehead atoms. The van der Waals surface area contributed by atoms with Crippen molar-refractivity contribution in [2.45, 2.75) is 26.3 Å². The van der Waals surface area contributed by atoms with Crippen LogP contribution < -0.4 is 10.1 Å². The molecule has 1 aromatic carbocycles. The molecule has 0 aliphatic carbocycles. The number of Topliss-reactive ketones (excluding diaryl/α,β-unsaturated/α-hetero) is 1. The van der Waals surface area contributed by atoms with Gasteiger partial charge in [-0.1, -0.05) is 35.7 Å². The van der Waals surface area contributed by atoms with Crippen LogP contribution in [0, 0.1) is 19.3 Å². The highest BCUT2D eigenvalue weighted by Gasteiger charge is 2.22. The maximum Gasteiger partial charge on any atom is 0.266 e. The van der Waals surface area contributed by atoms with Gasteiger partial charge in [0.1, 0.15) is 10.6 Å². The highest BCUT2D eigenvalue weighted by atomic mass is 32.1. The Bertz CT molecular complexity index is 782. The fraction of sp³-hybridized carbons (Fsp3) is 0.263. The van der Waals surface area contributed by atoms with Gasteiger partial charge in [0.15, 0.2) is 12.4 Å². The summed E-state index contributed by atoms with van der Waals surface area (Å²) in [6.07, 6.45) is 5.38. The molecule has 4 nitrogen and oxygen atoms in total. The van der Waals surface area contributed by atoms with Crippen molar-refractivity contribution in [2.75, 3.05) is 6.61 Å². The van der Waals surface area contributed by atoms with Crippen LogP contribution in [0.5, 0.6) is 5.75 Å². The lowest BCUT2D eigenvalue weighted by molar-refractivity contribution is 0.0898. The fourth-order valence-corrected chi connectivity index (χ4v) is 2.65. The molecule has 0 unspecified atom stereocenters. The van der Waals surface area contributed by atoms with E-state index in [2.05, 4.69) is 11.2 Å². The first-order valence-electron chi connectivity index (χ1n) is 7.43. The summed E-state index contributed by atoms with van der Waals surface area (Å²) in [7, 11) is 0. The van der Waals surface area contributed by atoms with Crippen molar-refractivity contribution < 1.29 is 14.3 Å². The number of carbonyl (C=O) groups excluding carboxylic acids is 2. The Morgan fingerprint density at radius 3 is 2.54 bits per heavy atom. The first kappa shape index (κ1) is 17.8. The number of hydrogen-bond acceptors (Lipinski definition) is 4. The Morgan fingerprint density at radius 2 is 1.92 bits per heavy atom. The Morgan fingerprint density at radius 1 is 1.25 bits per heavy atom. The van der Waals surface area contributed by atoms with E-state index in [1.165, 1.54) is 11.3 Å². The molecule has 1 amide bonds. The third-order valence-corrected chi connectivity index (χ3v) is 4.25. The van der Waals surface area contributed by atoms with E-state index in [0.29, 0.717) is 16.2 Å². The van der Waals surface area contributed by atoms with Crippen LogP contribution in [0.4, 0.5) is 0 Å². The highest BCUT2D eigenvalue weighted by Crippen LogP contribution is 2.25. The first-order valence-corrected chi connectivity index (χ1v) is 8.31. The van der Waals surface area contributed by atoms with Crippen molar-refractivity contribution in [1.29, 1.82) is 0 Å². The number of thiophene rings is 1.